The Bertz CT molecular complexity index is 203. The summed E-state index contributed by atoms with van der Waals surface area (Å²) in [7, 11) is 0. The van der Waals surface area contributed by atoms with E-state index in [9.17, 15) is 0 Å². The van der Waals surface area contributed by atoms with Gasteiger partial charge in [-0.25, -0.2) is 0 Å². The summed E-state index contributed by atoms with van der Waals surface area (Å²) in [6.07, 6.45) is 7.05. The molecule has 0 aromatic carbocycles. The molecule has 1 heterocycles. The Morgan fingerprint density at radius 3 is 2.67 bits per heavy atom. The molecular formula is C13H26N2. The lowest BCUT2D eigenvalue weighted by Crippen LogP contribution is -2.38. The molecule has 1 saturated heterocycles. The minimum Gasteiger partial charge on any atom is -0.328 e. The van der Waals surface area contributed by atoms with Crippen LogP contribution in [0.25, 0.3) is 0 Å². The monoisotopic (exact) mass is 210 g/mol. The number of hydrogen-bond donors (Lipinski definition) is 1. The first kappa shape index (κ1) is 11.4. The van der Waals surface area contributed by atoms with Crippen molar-refractivity contribution in [1.82, 2.24) is 4.90 Å². The van der Waals surface area contributed by atoms with Crippen LogP contribution in [0.2, 0.25) is 0 Å². The van der Waals surface area contributed by atoms with Crippen molar-refractivity contribution in [2.45, 2.75) is 58.0 Å². The van der Waals surface area contributed by atoms with Crippen LogP contribution in [0.1, 0.15) is 46.0 Å². The third-order valence-corrected chi connectivity index (χ3v) is 4.42. The zero-order valence-electron chi connectivity index (χ0n) is 10.3. The summed E-state index contributed by atoms with van der Waals surface area (Å²) >= 11 is 0. The van der Waals surface area contributed by atoms with Crippen molar-refractivity contribution < 1.29 is 0 Å². The molecule has 2 aliphatic rings. The summed E-state index contributed by atoms with van der Waals surface area (Å²) in [5.74, 6) is 1.69. The summed E-state index contributed by atoms with van der Waals surface area (Å²) in [6, 6.07) is 1.26. The summed E-state index contributed by atoms with van der Waals surface area (Å²) in [4.78, 5) is 2.71. The van der Waals surface area contributed by atoms with Crippen LogP contribution in [0.4, 0.5) is 0 Å². The maximum Gasteiger partial charge on any atom is 0.00979 e. The molecule has 0 radical (unpaired) electrons. The van der Waals surface area contributed by atoms with Gasteiger partial charge in [-0.1, -0.05) is 19.8 Å². The van der Waals surface area contributed by atoms with Crippen LogP contribution in [-0.2, 0) is 0 Å². The molecule has 4 atom stereocenters. The van der Waals surface area contributed by atoms with E-state index in [1.165, 1.54) is 45.2 Å². The van der Waals surface area contributed by atoms with Gasteiger partial charge < -0.3 is 10.6 Å². The molecule has 2 rings (SSSR count). The molecule has 2 nitrogen and oxygen atoms in total. The van der Waals surface area contributed by atoms with Gasteiger partial charge in [0.1, 0.15) is 0 Å². The van der Waals surface area contributed by atoms with Gasteiger partial charge in [-0.2, -0.15) is 0 Å². The Morgan fingerprint density at radius 2 is 2.07 bits per heavy atom. The molecule has 15 heavy (non-hydrogen) atoms. The van der Waals surface area contributed by atoms with Crippen LogP contribution in [0.5, 0.6) is 0 Å². The fraction of sp³-hybridized carbons (Fsp3) is 1.00. The highest BCUT2D eigenvalue weighted by molar-refractivity contribution is 4.87. The molecule has 0 bridgehead atoms. The van der Waals surface area contributed by atoms with Crippen LogP contribution in [0.3, 0.4) is 0 Å². The van der Waals surface area contributed by atoms with E-state index in [0.717, 1.165) is 17.9 Å². The fourth-order valence-corrected chi connectivity index (χ4v) is 3.31. The Labute approximate surface area is 94.2 Å². The summed E-state index contributed by atoms with van der Waals surface area (Å²) < 4.78 is 0. The van der Waals surface area contributed by atoms with Crippen molar-refractivity contribution >= 4 is 0 Å². The fourth-order valence-electron chi connectivity index (χ4n) is 3.31. The molecule has 0 aromatic rings. The Balaban J connectivity index is 1.84. The molecule has 2 heteroatoms. The molecule has 88 valence electrons. The second-order valence-electron chi connectivity index (χ2n) is 5.83. The molecule has 2 N–H and O–H groups in total. The predicted molar refractivity (Wildman–Crippen MR) is 64.7 cm³/mol. The first-order valence-corrected chi connectivity index (χ1v) is 6.66. The van der Waals surface area contributed by atoms with Crippen LogP contribution in [0, 0.1) is 11.8 Å². The summed E-state index contributed by atoms with van der Waals surface area (Å²) in [6.45, 7) is 7.13. The van der Waals surface area contributed by atoms with Crippen LogP contribution < -0.4 is 5.73 Å². The van der Waals surface area contributed by atoms with E-state index < -0.39 is 0 Å². The van der Waals surface area contributed by atoms with Gasteiger partial charge in [-0.15, -0.1) is 0 Å². The van der Waals surface area contributed by atoms with E-state index >= 15 is 0 Å². The zero-order chi connectivity index (χ0) is 10.8. The molecule has 0 spiro atoms. The normalized spacial score (nSPS) is 40.6. The summed E-state index contributed by atoms with van der Waals surface area (Å²) in [5, 5.41) is 0. The highest BCUT2D eigenvalue weighted by Crippen LogP contribution is 2.31. The predicted octanol–water partition coefficient (Wildman–Crippen LogP) is 2.23. The third-order valence-electron chi connectivity index (χ3n) is 4.42. The maximum absolute atomic E-state index is 5.99. The van der Waals surface area contributed by atoms with E-state index in [2.05, 4.69) is 18.7 Å². The highest BCUT2D eigenvalue weighted by atomic mass is 15.2. The SMILES string of the molecule is CC1CCCC(N2CCC(C(C)N)C2)C1. The van der Waals surface area contributed by atoms with Crippen LogP contribution in [-0.4, -0.2) is 30.1 Å². The lowest BCUT2D eigenvalue weighted by Gasteiger charge is -2.34. The number of likely N-dealkylation sites (tertiary alicyclic amines) is 1. The topological polar surface area (TPSA) is 29.3 Å². The third kappa shape index (κ3) is 2.73. The smallest absolute Gasteiger partial charge is 0.00979 e. The van der Waals surface area contributed by atoms with Gasteiger partial charge in [-0.3, -0.25) is 0 Å². The van der Waals surface area contributed by atoms with Gasteiger partial charge >= 0.3 is 0 Å². The van der Waals surface area contributed by atoms with Gasteiger partial charge in [0.2, 0.25) is 0 Å². The van der Waals surface area contributed by atoms with Crippen LogP contribution in [0.15, 0.2) is 0 Å². The van der Waals surface area contributed by atoms with E-state index in [-0.39, 0.29) is 0 Å². The van der Waals surface area contributed by atoms with E-state index in [4.69, 9.17) is 5.73 Å². The molecular weight excluding hydrogens is 184 g/mol. The molecule has 0 amide bonds. The van der Waals surface area contributed by atoms with Crippen molar-refractivity contribution in [3.63, 3.8) is 0 Å². The molecule has 2 fully saturated rings. The van der Waals surface area contributed by atoms with Crippen LogP contribution >= 0.6 is 0 Å². The Kier molecular flexibility index (Phi) is 3.68. The van der Waals surface area contributed by atoms with Crippen molar-refractivity contribution in [2.24, 2.45) is 17.6 Å². The van der Waals surface area contributed by atoms with Gasteiger partial charge in [0.15, 0.2) is 0 Å². The Hall–Kier alpha value is -0.0800. The maximum atomic E-state index is 5.99. The molecule has 1 aliphatic carbocycles. The number of hydrogen-bond acceptors (Lipinski definition) is 2. The Morgan fingerprint density at radius 1 is 1.27 bits per heavy atom. The van der Waals surface area contributed by atoms with Crippen molar-refractivity contribution in [1.29, 1.82) is 0 Å². The lowest BCUT2D eigenvalue weighted by molar-refractivity contribution is 0.157. The second-order valence-corrected chi connectivity index (χ2v) is 5.83. The zero-order valence-corrected chi connectivity index (χ0v) is 10.3. The second kappa shape index (κ2) is 4.84. The first-order chi connectivity index (χ1) is 7.16. The van der Waals surface area contributed by atoms with Crippen molar-refractivity contribution in [3.8, 4) is 0 Å². The van der Waals surface area contributed by atoms with E-state index in [1.54, 1.807) is 0 Å². The molecule has 4 unspecified atom stereocenters. The minimum atomic E-state index is 0.385. The number of nitrogens with zero attached hydrogens (tertiary/aromatic N) is 1. The average molecular weight is 210 g/mol. The molecule has 0 aromatic heterocycles. The van der Waals surface area contributed by atoms with E-state index in [1.807, 2.05) is 0 Å². The quantitative estimate of drug-likeness (QED) is 0.757. The van der Waals surface area contributed by atoms with Gasteiger partial charge in [-0.05, 0) is 44.6 Å². The average Bonchev–Trinajstić information content (AvgIpc) is 2.66. The first-order valence-electron chi connectivity index (χ1n) is 6.66. The number of nitrogens with two attached hydrogens (primary N) is 1. The lowest BCUT2D eigenvalue weighted by atomic mass is 9.86. The minimum absolute atomic E-state index is 0.385. The van der Waals surface area contributed by atoms with Gasteiger partial charge in [0.25, 0.3) is 0 Å². The molecule has 1 aliphatic heterocycles. The number of rotatable bonds is 2. The molecule has 1 saturated carbocycles. The van der Waals surface area contributed by atoms with Crippen molar-refractivity contribution in [2.75, 3.05) is 13.1 Å². The van der Waals surface area contributed by atoms with Gasteiger partial charge in [0, 0.05) is 18.6 Å². The highest BCUT2D eigenvalue weighted by Gasteiger charge is 2.31. The van der Waals surface area contributed by atoms with E-state index in [0.29, 0.717) is 6.04 Å². The standard InChI is InChI=1S/C13H26N2/c1-10-4-3-5-13(8-10)15-7-6-12(9-15)11(2)14/h10-13H,3-9,14H2,1-2H3. The summed E-state index contributed by atoms with van der Waals surface area (Å²) in [5.41, 5.74) is 5.99. The largest absolute Gasteiger partial charge is 0.328 e. The van der Waals surface area contributed by atoms with Gasteiger partial charge in [0.05, 0.1) is 0 Å². The van der Waals surface area contributed by atoms with Crippen molar-refractivity contribution in [3.05, 3.63) is 0 Å².